The van der Waals surface area contributed by atoms with Gasteiger partial charge in [-0.05, 0) is 33.6 Å². The maximum atomic E-state index is 11.4. The number of likely N-dealkylation sites (tertiary alicyclic amines) is 1. The number of carboxylic acid groups (broad SMARTS) is 1. The number of ether oxygens (including phenoxy) is 1. The van der Waals surface area contributed by atoms with Gasteiger partial charge >= 0.3 is 12.2 Å². The van der Waals surface area contributed by atoms with E-state index in [2.05, 4.69) is 5.32 Å². The fourth-order valence-electron chi connectivity index (χ4n) is 1.82. The van der Waals surface area contributed by atoms with Crippen molar-refractivity contribution in [1.29, 1.82) is 0 Å². The van der Waals surface area contributed by atoms with Gasteiger partial charge in [0.15, 0.2) is 0 Å². The van der Waals surface area contributed by atoms with Gasteiger partial charge in [-0.1, -0.05) is 0 Å². The minimum Gasteiger partial charge on any atom is -0.465 e. The van der Waals surface area contributed by atoms with Gasteiger partial charge in [0, 0.05) is 13.1 Å². The number of alkyl carbamates (subject to hydrolysis) is 1. The van der Waals surface area contributed by atoms with Crippen LogP contribution in [0.3, 0.4) is 0 Å². The molecule has 1 rings (SSSR count). The van der Waals surface area contributed by atoms with Crippen LogP contribution < -0.4 is 5.32 Å². The van der Waals surface area contributed by atoms with E-state index in [1.807, 2.05) is 0 Å². The van der Waals surface area contributed by atoms with Crippen LogP contribution in [0, 0.1) is 0 Å². The SMILES string of the molecule is CC(C)(C)OC(=O)NCC1CCCN1C(=O)O. The van der Waals surface area contributed by atoms with E-state index >= 15 is 0 Å². The molecule has 1 unspecified atom stereocenters. The lowest BCUT2D eigenvalue weighted by atomic mass is 10.2. The van der Waals surface area contributed by atoms with Crippen molar-refractivity contribution < 1.29 is 19.4 Å². The van der Waals surface area contributed by atoms with Crippen LogP contribution in [0.2, 0.25) is 0 Å². The summed E-state index contributed by atoms with van der Waals surface area (Å²) in [5.41, 5.74) is -0.535. The highest BCUT2D eigenvalue weighted by Gasteiger charge is 2.29. The second-order valence-corrected chi connectivity index (χ2v) is 5.15. The van der Waals surface area contributed by atoms with Crippen LogP contribution in [0.4, 0.5) is 9.59 Å². The summed E-state index contributed by atoms with van der Waals surface area (Å²) in [7, 11) is 0. The summed E-state index contributed by atoms with van der Waals surface area (Å²) in [6, 6.07) is -0.139. The van der Waals surface area contributed by atoms with Gasteiger partial charge in [0.05, 0.1) is 6.04 Å². The van der Waals surface area contributed by atoms with Gasteiger partial charge in [0.2, 0.25) is 0 Å². The van der Waals surface area contributed by atoms with E-state index in [4.69, 9.17) is 9.84 Å². The maximum Gasteiger partial charge on any atom is 0.407 e. The Hall–Kier alpha value is -1.46. The molecule has 98 valence electrons. The van der Waals surface area contributed by atoms with E-state index in [1.165, 1.54) is 4.90 Å². The maximum absolute atomic E-state index is 11.4. The van der Waals surface area contributed by atoms with Crippen LogP contribution in [0.1, 0.15) is 33.6 Å². The lowest BCUT2D eigenvalue weighted by Gasteiger charge is -2.23. The van der Waals surface area contributed by atoms with Crippen LogP contribution in [-0.4, -0.2) is 46.9 Å². The van der Waals surface area contributed by atoms with Gasteiger partial charge in [-0.3, -0.25) is 0 Å². The van der Waals surface area contributed by atoms with Crippen molar-refractivity contribution in [3.05, 3.63) is 0 Å². The third kappa shape index (κ3) is 4.50. The Bertz CT molecular complexity index is 298. The third-order valence-electron chi connectivity index (χ3n) is 2.50. The van der Waals surface area contributed by atoms with Crippen molar-refractivity contribution in [2.45, 2.75) is 45.3 Å². The normalized spacial score (nSPS) is 20.2. The topological polar surface area (TPSA) is 78.9 Å². The summed E-state index contributed by atoms with van der Waals surface area (Å²) in [5, 5.41) is 11.5. The molecule has 0 aromatic carbocycles. The number of carbonyl (C=O) groups is 2. The number of rotatable bonds is 2. The third-order valence-corrected chi connectivity index (χ3v) is 2.50. The Morgan fingerprint density at radius 1 is 1.47 bits per heavy atom. The average Bonchev–Trinajstić information content (AvgIpc) is 2.59. The zero-order chi connectivity index (χ0) is 13.1. The van der Waals surface area contributed by atoms with E-state index in [0.717, 1.165) is 12.8 Å². The van der Waals surface area contributed by atoms with Gasteiger partial charge in [-0.25, -0.2) is 9.59 Å². The molecule has 0 aliphatic carbocycles. The molecule has 1 fully saturated rings. The molecular formula is C11H20N2O4. The van der Waals surface area contributed by atoms with E-state index in [-0.39, 0.29) is 6.04 Å². The van der Waals surface area contributed by atoms with Crippen LogP contribution in [-0.2, 0) is 4.74 Å². The van der Waals surface area contributed by atoms with Crippen LogP contribution >= 0.6 is 0 Å². The first-order chi connectivity index (χ1) is 7.79. The fraction of sp³-hybridized carbons (Fsp3) is 0.818. The van der Waals surface area contributed by atoms with Gasteiger partial charge in [0.25, 0.3) is 0 Å². The summed E-state index contributed by atoms with van der Waals surface area (Å²) >= 11 is 0. The first-order valence-corrected chi connectivity index (χ1v) is 5.76. The van der Waals surface area contributed by atoms with Gasteiger partial charge in [-0.15, -0.1) is 0 Å². The largest absolute Gasteiger partial charge is 0.465 e. The van der Waals surface area contributed by atoms with Crippen molar-refractivity contribution in [2.24, 2.45) is 0 Å². The molecule has 1 atom stereocenters. The molecule has 0 spiro atoms. The lowest BCUT2D eigenvalue weighted by Crippen LogP contribution is -2.43. The number of carbonyl (C=O) groups excluding carboxylic acids is 1. The van der Waals surface area contributed by atoms with E-state index in [9.17, 15) is 9.59 Å². The Kier molecular flexibility index (Phi) is 4.20. The highest BCUT2D eigenvalue weighted by molar-refractivity contribution is 5.68. The molecule has 6 heteroatoms. The zero-order valence-corrected chi connectivity index (χ0v) is 10.5. The molecule has 2 N–H and O–H groups in total. The van der Waals surface area contributed by atoms with Gasteiger partial charge in [0.1, 0.15) is 5.60 Å². The molecule has 1 heterocycles. The minimum atomic E-state index is -0.932. The van der Waals surface area contributed by atoms with Crippen molar-refractivity contribution in [2.75, 3.05) is 13.1 Å². The van der Waals surface area contributed by atoms with E-state index in [1.54, 1.807) is 20.8 Å². The Balaban J connectivity index is 2.35. The van der Waals surface area contributed by atoms with Crippen molar-refractivity contribution in [3.8, 4) is 0 Å². The lowest BCUT2D eigenvalue weighted by molar-refractivity contribution is 0.0511. The molecule has 0 aromatic rings. The van der Waals surface area contributed by atoms with Crippen LogP contribution in [0.25, 0.3) is 0 Å². The van der Waals surface area contributed by atoms with Crippen molar-refractivity contribution in [1.82, 2.24) is 10.2 Å². The molecule has 2 amide bonds. The Morgan fingerprint density at radius 2 is 2.12 bits per heavy atom. The van der Waals surface area contributed by atoms with Crippen molar-refractivity contribution in [3.63, 3.8) is 0 Å². The van der Waals surface area contributed by atoms with Crippen LogP contribution in [0.15, 0.2) is 0 Å². The summed E-state index contributed by atoms with van der Waals surface area (Å²) in [5.74, 6) is 0. The number of nitrogens with zero attached hydrogens (tertiary/aromatic N) is 1. The number of nitrogens with one attached hydrogen (secondary N) is 1. The molecule has 0 bridgehead atoms. The molecule has 17 heavy (non-hydrogen) atoms. The highest BCUT2D eigenvalue weighted by Crippen LogP contribution is 2.16. The molecule has 0 saturated carbocycles. The molecule has 1 aliphatic heterocycles. The smallest absolute Gasteiger partial charge is 0.407 e. The van der Waals surface area contributed by atoms with E-state index < -0.39 is 17.8 Å². The standard InChI is InChI=1S/C11H20N2O4/c1-11(2,3)17-9(14)12-7-8-5-4-6-13(8)10(15)16/h8H,4-7H2,1-3H3,(H,12,14)(H,15,16). The first kappa shape index (κ1) is 13.6. The monoisotopic (exact) mass is 244 g/mol. The first-order valence-electron chi connectivity index (χ1n) is 5.76. The molecular weight excluding hydrogens is 224 g/mol. The fourth-order valence-corrected chi connectivity index (χ4v) is 1.82. The number of hydrogen-bond donors (Lipinski definition) is 2. The second-order valence-electron chi connectivity index (χ2n) is 5.15. The summed E-state index contributed by atoms with van der Waals surface area (Å²) in [6.07, 6.45) is 0.183. The quantitative estimate of drug-likeness (QED) is 0.774. The number of hydrogen-bond acceptors (Lipinski definition) is 3. The highest BCUT2D eigenvalue weighted by atomic mass is 16.6. The second kappa shape index (κ2) is 5.25. The molecule has 0 aromatic heterocycles. The Labute approximate surface area is 101 Å². The molecule has 0 radical (unpaired) electrons. The van der Waals surface area contributed by atoms with E-state index in [0.29, 0.717) is 13.1 Å². The van der Waals surface area contributed by atoms with Gasteiger partial charge in [-0.2, -0.15) is 0 Å². The average molecular weight is 244 g/mol. The molecule has 1 aliphatic rings. The minimum absolute atomic E-state index is 0.139. The number of amides is 2. The predicted molar refractivity (Wildman–Crippen MR) is 62.0 cm³/mol. The summed E-state index contributed by atoms with van der Waals surface area (Å²) < 4.78 is 5.08. The zero-order valence-electron chi connectivity index (χ0n) is 10.5. The van der Waals surface area contributed by atoms with Crippen molar-refractivity contribution >= 4 is 12.2 Å². The summed E-state index contributed by atoms with van der Waals surface area (Å²) in [6.45, 7) is 6.19. The van der Waals surface area contributed by atoms with Gasteiger partial charge < -0.3 is 20.1 Å². The molecule has 6 nitrogen and oxygen atoms in total. The summed E-state index contributed by atoms with van der Waals surface area (Å²) in [4.78, 5) is 23.6. The predicted octanol–water partition coefficient (Wildman–Crippen LogP) is 1.65. The Morgan fingerprint density at radius 3 is 2.65 bits per heavy atom. The van der Waals surface area contributed by atoms with Crippen LogP contribution in [0.5, 0.6) is 0 Å². The molecule has 1 saturated heterocycles.